The smallest absolute Gasteiger partial charge is 0.142 e. The summed E-state index contributed by atoms with van der Waals surface area (Å²) < 4.78 is 5.68. The van der Waals surface area contributed by atoms with Crippen LogP contribution in [0.2, 0.25) is 5.02 Å². The first kappa shape index (κ1) is 14.6. The van der Waals surface area contributed by atoms with Crippen molar-refractivity contribution < 1.29 is 4.74 Å². The van der Waals surface area contributed by atoms with E-state index in [1.54, 1.807) is 0 Å². The third-order valence-electron chi connectivity index (χ3n) is 3.59. The van der Waals surface area contributed by atoms with Gasteiger partial charge >= 0.3 is 0 Å². The molecule has 0 amide bonds. The third kappa shape index (κ3) is 3.85. The zero-order valence-electron chi connectivity index (χ0n) is 11.8. The Kier molecular flexibility index (Phi) is 5.49. The molecule has 3 nitrogen and oxygen atoms in total. The molecular weight excluding hydrogens is 260 g/mol. The fourth-order valence-electron chi connectivity index (χ4n) is 2.74. The fraction of sp³-hybridized carbons (Fsp3) is 0.600. The molecule has 1 N–H and O–H groups in total. The Morgan fingerprint density at radius 3 is 3.05 bits per heavy atom. The topological polar surface area (TPSA) is 24.5 Å². The lowest BCUT2D eigenvalue weighted by molar-refractivity contribution is 0.296. The number of halogens is 1. The lowest BCUT2D eigenvalue weighted by Gasteiger charge is -2.19. The summed E-state index contributed by atoms with van der Waals surface area (Å²) in [4.78, 5) is 2.48. The molecule has 1 aliphatic heterocycles. The van der Waals surface area contributed by atoms with Gasteiger partial charge in [-0.15, -0.1) is 0 Å². The molecule has 1 aromatic carbocycles. The zero-order chi connectivity index (χ0) is 13.7. The summed E-state index contributed by atoms with van der Waals surface area (Å²) in [6.07, 6.45) is 1.27. The van der Waals surface area contributed by atoms with Gasteiger partial charge in [-0.3, -0.25) is 4.90 Å². The van der Waals surface area contributed by atoms with E-state index < -0.39 is 0 Å². The van der Waals surface area contributed by atoms with Crippen molar-refractivity contribution in [3.8, 4) is 5.75 Å². The van der Waals surface area contributed by atoms with E-state index in [2.05, 4.69) is 16.3 Å². The average molecular weight is 283 g/mol. The van der Waals surface area contributed by atoms with Crippen molar-refractivity contribution in [3.05, 3.63) is 28.8 Å². The molecule has 0 aromatic heterocycles. The largest absolute Gasteiger partial charge is 0.492 e. The van der Waals surface area contributed by atoms with Crippen LogP contribution in [-0.4, -0.2) is 38.2 Å². The number of para-hydroxylation sites is 1. The molecule has 1 unspecified atom stereocenters. The number of nitrogens with one attached hydrogen (secondary N) is 1. The summed E-state index contributed by atoms with van der Waals surface area (Å²) in [5, 5.41) is 3.98. The highest BCUT2D eigenvalue weighted by atomic mass is 35.5. The van der Waals surface area contributed by atoms with Crippen molar-refractivity contribution in [3.63, 3.8) is 0 Å². The first-order valence-corrected chi connectivity index (χ1v) is 7.39. The summed E-state index contributed by atoms with van der Waals surface area (Å²) in [5.74, 6) is 1.61. The molecule has 1 aliphatic rings. The van der Waals surface area contributed by atoms with Gasteiger partial charge in [0.2, 0.25) is 0 Å². The number of rotatable bonds is 6. The summed E-state index contributed by atoms with van der Waals surface area (Å²) in [6.45, 7) is 6.98. The van der Waals surface area contributed by atoms with E-state index in [0.29, 0.717) is 11.6 Å². The zero-order valence-corrected chi connectivity index (χ0v) is 12.5. The highest BCUT2D eigenvalue weighted by Crippen LogP contribution is 2.30. The van der Waals surface area contributed by atoms with E-state index >= 15 is 0 Å². The minimum absolute atomic E-state index is 0.652. The van der Waals surface area contributed by atoms with Crippen molar-refractivity contribution in [1.82, 2.24) is 10.2 Å². The first-order valence-electron chi connectivity index (χ1n) is 7.01. The van der Waals surface area contributed by atoms with E-state index in [4.69, 9.17) is 16.3 Å². The van der Waals surface area contributed by atoms with Crippen LogP contribution >= 0.6 is 11.6 Å². The van der Waals surface area contributed by atoms with Crippen LogP contribution in [0.3, 0.4) is 0 Å². The van der Waals surface area contributed by atoms with Gasteiger partial charge in [0.15, 0.2) is 0 Å². The molecular formula is C15H23ClN2O. The van der Waals surface area contributed by atoms with Crippen LogP contribution in [0.4, 0.5) is 0 Å². The van der Waals surface area contributed by atoms with Crippen LogP contribution in [0.5, 0.6) is 5.75 Å². The molecule has 0 spiro atoms. The van der Waals surface area contributed by atoms with Gasteiger partial charge in [0, 0.05) is 18.7 Å². The predicted molar refractivity (Wildman–Crippen MR) is 79.9 cm³/mol. The van der Waals surface area contributed by atoms with Crippen LogP contribution in [0.1, 0.15) is 18.9 Å². The lowest BCUT2D eigenvalue weighted by atomic mass is 10.1. The Labute approximate surface area is 120 Å². The minimum Gasteiger partial charge on any atom is -0.492 e. The van der Waals surface area contributed by atoms with Crippen molar-refractivity contribution in [1.29, 1.82) is 0 Å². The quantitative estimate of drug-likeness (QED) is 0.868. The lowest BCUT2D eigenvalue weighted by Crippen LogP contribution is -2.24. The maximum absolute atomic E-state index is 6.22. The summed E-state index contributed by atoms with van der Waals surface area (Å²) >= 11 is 6.22. The Hall–Kier alpha value is -0.770. The standard InChI is InChI=1S/C15H23ClN2O/c1-3-19-15-13(5-4-6-14(15)16)11-18-8-7-12(10-18)9-17-2/h4-6,12,17H,3,7-11H2,1-2H3. The molecule has 0 saturated carbocycles. The van der Waals surface area contributed by atoms with Crippen molar-refractivity contribution in [2.24, 2.45) is 5.92 Å². The van der Waals surface area contributed by atoms with Crippen molar-refractivity contribution in [2.75, 3.05) is 33.3 Å². The number of hydrogen-bond donors (Lipinski definition) is 1. The fourth-order valence-corrected chi connectivity index (χ4v) is 2.99. The molecule has 0 aliphatic carbocycles. The normalized spacial score (nSPS) is 19.8. The van der Waals surface area contributed by atoms with Gasteiger partial charge in [0.1, 0.15) is 5.75 Å². The number of likely N-dealkylation sites (tertiary alicyclic amines) is 1. The van der Waals surface area contributed by atoms with Gasteiger partial charge < -0.3 is 10.1 Å². The van der Waals surface area contributed by atoms with Crippen LogP contribution in [-0.2, 0) is 6.54 Å². The molecule has 1 aromatic rings. The maximum atomic E-state index is 6.22. The maximum Gasteiger partial charge on any atom is 0.142 e. The molecule has 2 rings (SSSR count). The molecule has 0 radical (unpaired) electrons. The molecule has 0 bridgehead atoms. The van der Waals surface area contributed by atoms with Gasteiger partial charge in [0.25, 0.3) is 0 Å². The minimum atomic E-state index is 0.652. The summed E-state index contributed by atoms with van der Waals surface area (Å²) in [5.41, 5.74) is 1.19. The first-order chi connectivity index (χ1) is 9.24. The van der Waals surface area contributed by atoms with Gasteiger partial charge in [-0.25, -0.2) is 0 Å². The van der Waals surface area contributed by atoms with E-state index in [0.717, 1.165) is 37.8 Å². The van der Waals surface area contributed by atoms with Gasteiger partial charge in [-0.05, 0) is 45.5 Å². The van der Waals surface area contributed by atoms with Gasteiger partial charge in [0.05, 0.1) is 11.6 Å². The number of benzene rings is 1. The molecule has 1 fully saturated rings. The van der Waals surface area contributed by atoms with Crippen LogP contribution in [0, 0.1) is 5.92 Å². The monoisotopic (exact) mass is 282 g/mol. The van der Waals surface area contributed by atoms with Crippen LogP contribution in [0.25, 0.3) is 0 Å². The van der Waals surface area contributed by atoms with Crippen LogP contribution in [0.15, 0.2) is 18.2 Å². The van der Waals surface area contributed by atoms with Crippen molar-refractivity contribution in [2.45, 2.75) is 19.9 Å². The molecule has 1 heterocycles. The number of nitrogens with zero attached hydrogens (tertiary/aromatic N) is 1. The van der Waals surface area contributed by atoms with E-state index in [-0.39, 0.29) is 0 Å². The van der Waals surface area contributed by atoms with E-state index in [1.165, 1.54) is 12.0 Å². The van der Waals surface area contributed by atoms with Crippen LogP contribution < -0.4 is 10.1 Å². The number of hydrogen-bond acceptors (Lipinski definition) is 3. The predicted octanol–water partition coefficient (Wildman–Crippen LogP) is 2.78. The third-order valence-corrected chi connectivity index (χ3v) is 3.89. The van der Waals surface area contributed by atoms with Gasteiger partial charge in [-0.1, -0.05) is 23.7 Å². The second-order valence-corrected chi connectivity index (χ2v) is 5.52. The highest BCUT2D eigenvalue weighted by Gasteiger charge is 2.22. The van der Waals surface area contributed by atoms with Crippen molar-refractivity contribution >= 4 is 11.6 Å². The second kappa shape index (κ2) is 7.13. The molecule has 19 heavy (non-hydrogen) atoms. The molecule has 4 heteroatoms. The molecule has 1 atom stereocenters. The highest BCUT2D eigenvalue weighted by molar-refractivity contribution is 6.32. The Morgan fingerprint density at radius 1 is 1.47 bits per heavy atom. The molecule has 106 valence electrons. The van der Waals surface area contributed by atoms with Gasteiger partial charge in [-0.2, -0.15) is 0 Å². The second-order valence-electron chi connectivity index (χ2n) is 5.11. The van der Waals surface area contributed by atoms with E-state index in [1.807, 2.05) is 26.1 Å². The Morgan fingerprint density at radius 2 is 2.32 bits per heavy atom. The number of ether oxygens (including phenoxy) is 1. The molecule has 1 saturated heterocycles. The Balaban J connectivity index is 2.01. The summed E-state index contributed by atoms with van der Waals surface area (Å²) in [7, 11) is 2.02. The van der Waals surface area contributed by atoms with E-state index in [9.17, 15) is 0 Å². The SMILES string of the molecule is CCOc1c(Cl)cccc1CN1CCC(CNC)C1. The average Bonchev–Trinajstić information content (AvgIpc) is 2.82. The summed E-state index contributed by atoms with van der Waals surface area (Å²) in [6, 6.07) is 6.01. The Bertz CT molecular complexity index is 411.